The number of carboxylic acid groups (broad SMARTS) is 1. The van der Waals surface area contributed by atoms with Crippen LogP contribution in [-0.4, -0.2) is 46.3 Å². The number of hydrogen-bond donors (Lipinski definition) is 2. The Hall–Kier alpha value is -0.610. The minimum atomic E-state index is -0.713. The number of carbonyl (C=O) groups is 1. The zero-order chi connectivity index (χ0) is 15.0. The molecule has 2 rings (SSSR count). The summed E-state index contributed by atoms with van der Waals surface area (Å²) < 4.78 is 0. The molecule has 0 atom stereocenters. The van der Waals surface area contributed by atoms with Gasteiger partial charge in [0.05, 0.1) is 6.10 Å². The van der Waals surface area contributed by atoms with Gasteiger partial charge in [-0.15, -0.1) is 0 Å². The second-order valence-electron chi connectivity index (χ2n) is 6.55. The molecule has 118 valence electrons. The number of aliphatic carboxylic acids is 1. The maximum atomic E-state index is 9.81. The summed E-state index contributed by atoms with van der Waals surface area (Å²) in [5, 5.41) is 17.5. The van der Waals surface area contributed by atoms with Crippen molar-refractivity contribution in [1.29, 1.82) is 0 Å². The molecule has 1 aliphatic heterocycles. The van der Waals surface area contributed by atoms with E-state index < -0.39 is 5.97 Å². The Labute approximate surface area is 123 Å². The van der Waals surface area contributed by atoms with Gasteiger partial charge in [0.15, 0.2) is 0 Å². The molecule has 20 heavy (non-hydrogen) atoms. The Morgan fingerprint density at radius 1 is 1.10 bits per heavy atom. The van der Waals surface area contributed by atoms with Crippen LogP contribution in [0.5, 0.6) is 0 Å². The third-order valence-electron chi connectivity index (χ3n) is 4.16. The summed E-state index contributed by atoms with van der Waals surface area (Å²) in [6.45, 7) is 6.38. The molecular weight excluding hydrogens is 254 g/mol. The summed E-state index contributed by atoms with van der Waals surface area (Å²) in [6.07, 6.45) is 8.98. The van der Waals surface area contributed by atoms with E-state index in [0.717, 1.165) is 18.9 Å². The summed E-state index contributed by atoms with van der Waals surface area (Å²) in [6, 6.07) is 0.795. The monoisotopic (exact) mass is 285 g/mol. The number of carboxylic acids is 1. The average Bonchev–Trinajstić information content (AvgIpc) is 2.40. The van der Waals surface area contributed by atoms with E-state index in [1.807, 2.05) is 13.8 Å². The first-order valence-corrected chi connectivity index (χ1v) is 8.13. The lowest BCUT2D eigenvalue weighted by Gasteiger charge is -2.37. The van der Waals surface area contributed by atoms with Gasteiger partial charge in [-0.1, -0.05) is 20.3 Å². The summed E-state index contributed by atoms with van der Waals surface area (Å²) in [4.78, 5) is 12.5. The molecular formula is C16H31NO3. The van der Waals surface area contributed by atoms with Crippen molar-refractivity contribution >= 4 is 5.97 Å². The van der Waals surface area contributed by atoms with E-state index in [4.69, 9.17) is 5.11 Å². The molecule has 0 amide bonds. The van der Waals surface area contributed by atoms with Gasteiger partial charge in [-0.3, -0.25) is 4.79 Å². The first-order chi connectivity index (χ1) is 9.49. The lowest BCUT2D eigenvalue weighted by molar-refractivity contribution is -0.137. The molecule has 0 radical (unpaired) electrons. The predicted octanol–water partition coefficient (Wildman–Crippen LogP) is 2.89. The van der Waals surface area contributed by atoms with Crippen molar-refractivity contribution in [2.24, 2.45) is 5.92 Å². The molecule has 4 heteroatoms. The molecule has 2 fully saturated rings. The molecule has 0 spiro atoms. The molecule has 2 aliphatic rings. The zero-order valence-electron chi connectivity index (χ0n) is 13.1. The maximum absolute atomic E-state index is 9.81. The fraction of sp³-hybridized carbons (Fsp3) is 0.938. The van der Waals surface area contributed by atoms with Crippen molar-refractivity contribution in [2.45, 2.75) is 77.4 Å². The van der Waals surface area contributed by atoms with Crippen LogP contribution < -0.4 is 0 Å². The highest BCUT2D eigenvalue weighted by atomic mass is 16.4. The van der Waals surface area contributed by atoms with Crippen LogP contribution in [-0.2, 0) is 4.79 Å². The highest BCUT2D eigenvalue weighted by Crippen LogP contribution is 2.25. The molecule has 4 nitrogen and oxygen atoms in total. The summed E-state index contributed by atoms with van der Waals surface area (Å²) >= 11 is 0. The van der Waals surface area contributed by atoms with Crippen LogP contribution in [0.2, 0.25) is 0 Å². The van der Waals surface area contributed by atoms with E-state index in [9.17, 15) is 9.90 Å². The Morgan fingerprint density at radius 2 is 1.65 bits per heavy atom. The number of likely N-dealkylation sites (tertiary alicyclic amines) is 1. The molecule has 0 aromatic carbocycles. The number of aliphatic hydroxyl groups is 1. The topological polar surface area (TPSA) is 60.8 Å². The van der Waals surface area contributed by atoms with E-state index >= 15 is 0 Å². The van der Waals surface area contributed by atoms with Crippen LogP contribution in [0.3, 0.4) is 0 Å². The van der Waals surface area contributed by atoms with Gasteiger partial charge in [0.25, 0.3) is 0 Å². The van der Waals surface area contributed by atoms with Crippen molar-refractivity contribution in [3.63, 3.8) is 0 Å². The zero-order valence-corrected chi connectivity index (χ0v) is 13.1. The largest absolute Gasteiger partial charge is 0.481 e. The molecule has 2 N–H and O–H groups in total. The van der Waals surface area contributed by atoms with Gasteiger partial charge in [-0.05, 0) is 57.5 Å². The summed E-state index contributed by atoms with van der Waals surface area (Å²) in [5.74, 6) is -0.438. The van der Waals surface area contributed by atoms with Gasteiger partial charge >= 0.3 is 5.97 Å². The molecule has 1 heterocycles. The number of rotatable bonds is 3. The van der Waals surface area contributed by atoms with Gasteiger partial charge in [-0.2, -0.15) is 0 Å². The Balaban J connectivity index is 0.000000246. The van der Waals surface area contributed by atoms with Gasteiger partial charge in [0.1, 0.15) is 0 Å². The van der Waals surface area contributed by atoms with Crippen LogP contribution in [0, 0.1) is 5.92 Å². The summed E-state index contributed by atoms with van der Waals surface area (Å²) in [7, 11) is 0. The molecule has 0 aromatic rings. The highest BCUT2D eigenvalue weighted by molar-refractivity contribution is 5.66. The molecule has 1 saturated heterocycles. The van der Waals surface area contributed by atoms with Crippen LogP contribution >= 0.6 is 0 Å². The third kappa shape index (κ3) is 7.25. The van der Waals surface area contributed by atoms with Crippen LogP contribution in [0.4, 0.5) is 0 Å². The van der Waals surface area contributed by atoms with E-state index in [1.54, 1.807) is 0 Å². The minimum absolute atomic E-state index is 0.000963. The highest BCUT2D eigenvalue weighted by Gasteiger charge is 2.25. The number of hydrogen-bond acceptors (Lipinski definition) is 3. The Kier molecular flexibility index (Phi) is 8.15. The van der Waals surface area contributed by atoms with Crippen molar-refractivity contribution in [2.75, 3.05) is 13.1 Å². The van der Waals surface area contributed by atoms with E-state index in [2.05, 4.69) is 4.90 Å². The molecule has 1 saturated carbocycles. The minimum Gasteiger partial charge on any atom is -0.481 e. The fourth-order valence-corrected chi connectivity index (χ4v) is 3.06. The molecule has 0 aromatic heterocycles. The van der Waals surface area contributed by atoms with Crippen LogP contribution in [0.1, 0.15) is 65.2 Å². The lowest BCUT2D eigenvalue weighted by atomic mass is 9.91. The van der Waals surface area contributed by atoms with Crippen LogP contribution in [0.15, 0.2) is 0 Å². The molecule has 0 unspecified atom stereocenters. The van der Waals surface area contributed by atoms with Gasteiger partial charge in [-0.25, -0.2) is 0 Å². The molecule has 0 bridgehead atoms. The second kappa shape index (κ2) is 9.35. The quantitative estimate of drug-likeness (QED) is 0.837. The normalized spacial score (nSPS) is 27.8. The van der Waals surface area contributed by atoms with E-state index in [1.165, 1.54) is 45.2 Å². The molecule has 1 aliphatic carbocycles. The van der Waals surface area contributed by atoms with Crippen molar-refractivity contribution in [3.05, 3.63) is 0 Å². The van der Waals surface area contributed by atoms with Gasteiger partial charge in [0.2, 0.25) is 0 Å². The predicted molar refractivity (Wildman–Crippen MR) is 80.8 cm³/mol. The number of nitrogens with zero attached hydrogens (tertiary/aromatic N) is 1. The van der Waals surface area contributed by atoms with Crippen LogP contribution in [0.25, 0.3) is 0 Å². The standard InChI is InChI=1S/C11H21NO.C5H10O2/c13-11-6-4-10(5-7-11)12-8-2-1-3-9-12;1-4(2)3-5(6)7/h10-11,13H,1-9H2;4H,3H2,1-2H3,(H,6,7). The lowest BCUT2D eigenvalue weighted by Crippen LogP contribution is -2.41. The first-order valence-electron chi connectivity index (χ1n) is 8.13. The first kappa shape index (κ1) is 17.4. The smallest absolute Gasteiger partial charge is 0.303 e. The maximum Gasteiger partial charge on any atom is 0.303 e. The Morgan fingerprint density at radius 3 is 2.05 bits per heavy atom. The van der Waals surface area contributed by atoms with E-state index in [-0.39, 0.29) is 18.4 Å². The summed E-state index contributed by atoms with van der Waals surface area (Å²) in [5.41, 5.74) is 0. The number of piperidine rings is 1. The fourth-order valence-electron chi connectivity index (χ4n) is 3.06. The van der Waals surface area contributed by atoms with Gasteiger partial charge < -0.3 is 15.1 Å². The number of aliphatic hydroxyl groups excluding tert-OH is 1. The van der Waals surface area contributed by atoms with Crippen molar-refractivity contribution in [3.8, 4) is 0 Å². The second-order valence-corrected chi connectivity index (χ2v) is 6.55. The average molecular weight is 285 g/mol. The third-order valence-corrected chi connectivity index (χ3v) is 4.16. The SMILES string of the molecule is CC(C)CC(=O)O.OC1CCC(N2CCCCC2)CC1. The van der Waals surface area contributed by atoms with Crippen molar-refractivity contribution < 1.29 is 15.0 Å². The Bertz CT molecular complexity index is 267. The van der Waals surface area contributed by atoms with Crippen molar-refractivity contribution in [1.82, 2.24) is 4.90 Å². The van der Waals surface area contributed by atoms with Gasteiger partial charge in [0, 0.05) is 12.5 Å². The van der Waals surface area contributed by atoms with E-state index in [0.29, 0.717) is 0 Å².